The molecule has 2 aromatic carbocycles. The normalized spacial score (nSPS) is 10.5. The van der Waals surface area contributed by atoms with E-state index in [-0.39, 0.29) is 5.78 Å². The minimum absolute atomic E-state index is 0.103. The van der Waals surface area contributed by atoms with E-state index in [0.29, 0.717) is 42.6 Å². The van der Waals surface area contributed by atoms with Crippen LogP contribution in [-0.4, -0.2) is 25.6 Å². The van der Waals surface area contributed by atoms with Gasteiger partial charge in [0.2, 0.25) is 0 Å². The van der Waals surface area contributed by atoms with Gasteiger partial charge >= 0.3 is 0 Å². The molecular weight excluding hydrogens is 328 g/mol. The number of rotatable bonds is 10. The maximum atomic E-state index is 12.5. The van der Waals surface area contributed by atoms with Crippen LogP contribution in [0.4, 0.5) is 0 Å². The van der Waals surface area contributed by atoms with Crippen molar-refractivity contribution in [3.05, 3.63) is 72.3 Å². The maximum Gasteiger partial charge on any atom is 0.185 e. The van der Waals surface area contributed by atoms with E-state index < -0.39 is 0 Å². The fraction of sp³-hybridized carbons (Fsp3) is 0.227. The van der Waals surface area contributed by atoms with Crippen molar-refractivity contribution in [3.8, 4) is 17.2 Å². The molecule has 0 fully saturated rings. The minimum atomic E-state index is -0.103. The van der Waals surface area contributed by atoms with Crippen LogP contribution in [0.15, 0.2) is 61.2 Å². The van der Waals surface area contributed by atoms with Crippen LogP contribution in [0.3, 0.4) is 0 Å². The molecule has 136 valence electrons. The summed E-state index contributed by atoms with van der Waals surface area (Å²) in [5, 5.41) is 0. The molecule has 2 rings (SSSR count). The van der Waals surface area contributed by atoms with Crippen LogP contribution in [0.2, 0.25) is 0 Å². The lowest BCUT2D eigenvalue weighted by Gasteiger charge is -2.12. The molecule has 2 aromatic rings. The zero-order chi connectivity index (χ0) is 18.8. The van der Waals surface area contributed by atoms with Gasteiger partial charge in [-0.3, -0.25) is 4.79 Å². The molecule has 0 N–H and O–H groups in total. The third-order valence-electron chi connectivity index (χ3n) is 3.53. The Hall–Kier alpha value is -3.01. The fourth-order valence-electron chi connectivity index (χ4n) is 2.38. The van der Waals surface area contributed by atoms with E-state index in [1.807, 2.05) is 32.0 Å². The van der Waals surface area contributed by atoms with E-state index in [2.05, 4.69) is 6.58 Å². The summed E-state index contributed by atoms with van der Waals surface area (Å²) in [4.78, 5) is 12.5. The molecule has 0 aliphatic heterocycles. The maximum absolute atomic E-state index is 12.5. The Bertz CT molecular complexity index is 736. The molecule has 0 saturated heterocycles. The van der Waals surface area contributed by atoms with Crippen molar-refractivity contribution in [3.63, 3.8) is 0 Å². The summed E-state index contributed by atoms with van der Waals surface area (Å²) in [6.07, 6.45) is 4.94. The molecule has 0 radical (unpaired) electrons. The number of ether oxygens (including phenoxy) is 3. The monoisotopic (exact) mass is 352 g/mol. The predicted octanol–water partition coefficient (Wildman–Crippen LogP) is 4.94. The molecular formula is C22H24O4. The van der Waals surface area contributed by atoms with Gasteiger partial charge in [-0.25, -0.2) is 0 Å². The quantitative estimate of drug-likeness (QED) is 0.345. The number of carbonyl (C=O) groups excluding carboxylic acids is 1. The average molecular weight is 352 g/mol. The first kappa shape index (κ1) is 19.3. The Balaban J connectivity index is 2.20. The Labute approximate surface area is 154 Å². The van der Waals surface area contributed by atoms with Gasteiger partial charge < -0.3 is 14.2 Å². The second-order valence-corrected chi connectivity index (χ2v) is 5.36. The second kappa shape index (κ2) is 10.1. The van der Waals surface area contributed by atoms with Crippen LogP contribution in [0.5, 0.6) is 17.2 Å². The number of benzene rings is 2. The number of allylic oxidation sites excluding steroid dienone is 1. The number of hydrogen-bond donors (Lipinski definition) is 0. The number of ketones is 1. The van der Waals surface area contributed by atoms with Crippen LogP contribution in [0.25, 0.3) is 6.08 Å². The summed E-state index contributed by atoms with van der Waals surface area (Å²) in [7, 11) is 0. The van der Waals surface area contributed by atoms with Gasteiger partial charge in [0.1, 0.15) is 23.9 Å². The van der Waals surface area contributed by atoms with E-state index in [1.54, 1.807) is 36.4 Å². The van der Waals surface area contributed by atoms with Crippen LogP contribution >= 0.6 is 0 Å². The van der Waals surface area contributed by atoms with E-state index in [1.165, 1.54) is 6.08 Å². The fourth-order valence-corrected chi connectivity index (χ4v) is 2.38. The first-order chi connectivity index (χ1) is 12.7. The van der Waals surface area contributed by atoms with Gasteiger partial charge in [-0.05, 0) is 62.4 Å². The lowest BCUT2D eigenvalue weighted by molar-refractivity contribution is 0.104. The van der Waals surface area contributed by atoms with Crippen molar-refractivity contribution in [2.75, 3.05) is 19.8 Å². The molecule has 0 aliphatic carbocycles. The molecule has 0 amide bonds. The molecule has 0 atom stereocenters. The Morgan fingerprint density at radius 2 is 1.58 bits per heavy atom. The van der Waals surface area contributed by atoms with Crippen molar-refractivity contribution >= 4 is 11.9 Å². The molecule has 0 aliphatic rings. The van der Waals surface area contributed by atoms with Gasteiger partial charge in [0.15, 0.2) is 5.78 Å². The molecule has 0 saturated carbocycles. The molecule has 0 aromatic heterocycles. The molecule has 4 heteroatoms. The lowest BCUT2D eigenvalue weighted by Crippen LogP contribution is -2.00. The highest BCUT2D eigenvalue weighted by Gasteiger charge is 2.09. The minimum Gasteiger partial charge on any atom is -0.493 e. The zero-order valence-electron chi connectivity index (χ0n) is 15.2. The molecule has 0 bridgehead atoms. The Morgan fingerprint density at radius 3 is 2.12 bits per heavy atom. The van der Waals surface area contributed by atoms with Gasteiger partial charge in [-0.2, -0.15) is 0 Å². The predicted molar refractivity (Wildman–Crippen MR) is 104 cm³/mol. The number of hydrogen-bond acceptors (Lipinski definition) is 4. The number of carbonyl (C=O) groups is 1. The summed E-state index contributed by atoms with van der Waals surface area (Å²) in [5.41, 5.74) is 1.34. The first-order valence-electron chi connectivity index (χ1n) is 8.64. The lowest BCUT2D eigenvalue weighted by atomic mass is 10.1. The van der Waals surface area contributed by atoms with Crippen molar-refractivity contribution in [1.82, 2.24) is 0 Å². The molecule has 0 spiro atoms. The van der Waals surface area contributed by atoms with Gasteiger partial charge in [-0.15, -0.1) is 0 Å². The van der Waals surface area contributed by atoms with E-state index >= 15 is 0 Å². The van der Waals surface area contributed by atoms with Gasteiger partial charge in [0.05, 0.1) is 18.8 Å². The molecule has 0 heterocycles. The summed E-state index contributed by atoms with van der Waals surface area (Å²) < 4.78 is 16.7. The smallest absolute Gasteiger partial charge is 0.185 e. The standard InChI is InChI=1S/C22H24O4/c1-4-16-26-18-12-10-17(11-13-18)20(23)15-14-19-21(24-5-2)8-7-9-22(19)25-6-3/h4,7-15H,1,5-6,16H2,2-3H3/b15-14+. The van der Waals surface area contributed by atoms with Crippen LogP contribution in [0.1, 0.15) is 29.8 Å². The summed E-state index contributed by atoms with van der Waals surface area (Å²) in [5.74, 6) is 1.98. The van der Waals surface area contributed by atoms with Crippen molar-refractivity contribution in [2.24, 2.45) is 0 Å². The van der Waals surface area contributed by atoms with Gasteiger partial charge in [-0.1, -0.05) is 18.7 Å². The largest absolute Gasteiger partial charge is 0.493 e. The highest BCUT2D eigenvalue weighted by molar-refractivity contribution is 6.07. The average Bonchev–Trinajstić information content (AvgIpc) is 2.66. The van der Waals surface area contributed by atoms with E-state index in [0.717, 1.165) is 5.56 Å². The second-order valence-electron chi connectivity index (χ2n) is 5.36. The summed E-state index contributed by atoms with van der Waals surface area (Å²) in [6, 6.07) is 12.6. The van der Waals surface area contributed by atoms with Gasteiger partial charge in [0, 0.05) is 5.56 Å². The summed E-state index contributed by atoms with van der Waals surface area (Å²) >= 11 is 0. The summed E-state index contributed by atoms with van der Waals surface area (Å²) in [6.45, 7) is 8.95. The third kappa shape index (κ3) is 5.24. The zero-order valence-corrected chi connectivity index (χ0v) is 15.2. The first-order valence-corrected chi connectivity index (χ1v) is 8.64. The molecule has 4 nitrogen and oxygen atoms in total. The van der Waals surface area contributed by atoms with Crippen LogP contribution < -0.4 is 14.2 Å². The van der Waals surface area contributed by atoms with Crippen LogP contribution in [0, 0.1) is 0 Å². The van der Waals surface area contributed by atoms with Crippen LogP contribution in [-0.2, 0) is 0 Å². The van der Waals surface area contributed by atoms with Gasteiger partial charge in [0.25, 0.3) is 0 Å². The molecule has 26 heavy (non-hydrogen) atoms. The van der Waals surface area contributed by atoms with E-state index in [9.17, 15) is 4.79 Å². The molecule has 0 unspecified atom stereocenters. The highest BCUT2D eigenvalue weighted by atomic mass is 16.5. The highest BCUT2D eigenvalue weighted by Crippen LogP contribution is 2.30. The van der Waals surface area contributed by atoms with Crippen molar-refractivity contribution in [1.29, 1.82) is 0 Å². The Kier molecular flexibility index (Phi) is 7.49. The van der Waals surface area contributed by atoms with Crippen molar-refractivity contribution in [2.45, 2.75) is 13.8 Å². The van der Waals surface area contributed by atoms with E-state index in [4.69, 9.17) is 14.2 Å². The Morgan fingerprint density at radius 1 is 0.962 bits per heavy atom. The van der Waals surface area contributed by atoms with Crippen molar-refractivity contribution < 1.29 is 19.0 Å². The topological polar surface area (TPSA) is 44.8 Å². The third-order valence-corrected chi connectivity index (χ3v) is 3.53. The SMILES string of the molecule is C=CCOc1ccc(C(=O)/C=C/c2c(OCC)cccc2OCC)cc1.